The van der Waals surface area contributed by atoms with Gasteiger partial charge in [-0.3, -0.25) is 4.79 Å². The zero-order valence-corrected chi connectivity index (χ0v) is 17.1. The van der Waals surface area contributed by atoms with E-state index in [1.54, 1.807) is 0 Å². The lowest BCUT2D eigenvalue weighted by Gasteiger charge is -2.33. The van der Waals surface area contributed by atoms with Gasteiger partial charge in [-0.2, -0.15) is 0 Å². The number of rotatable bonds is 3. The Kier molecular flexibility index (Phi) is 5.28. The number of carbonyl (C=O) groups is 1. The highest BCUT2D eigenvalue weighted by molar-refractivity contribution is 6.01. The maximum atomic E-state index is 13.5. The van der Waals surface area contributed by atoms with Crippen molar-refractivity contribution in [3.05, 3.63) is 83.4 Å². The van der Waals surface area contributed by atoms with E-state index in [0.717, 1.165) is 67.1 Å². The van der Waals surface area contributed by atoms with Crippen LogP contribution in [0.2, 0.25) is 0 Å². The first kappa shape index (κ1) is 18.9. The molecular formula is C25H26N4O. The number of benzene rings is 2. The maximum absolute atomic E-state index is 13.5. The number of hydrogen-bond acceptors (Lipinski definition) is 4. The molecule has 0 radical (unpaired) electrons. The van der Waals surface area contributed by atoms with Gasteiger partial charge in [0.05, 0.1) is 0 Å². The molecule has 0 bridgehead atoms. The zero-order chi connectivity index (χ0) is 20.3. The van der Waals surface area contributed by atoms with Crippen LogP contribution in [-0.4, -0.2) is 40.4 Å². The quantitative estimate of drug-likeness (QED) is 0.729. The Labute approximate surface area is 177 Å². The Morgan fingerprint density at radius 1 is 1.07 bits per heavy atom. The first-order chi connectivity index (χ1) is 14.8. The van der Waals surface area contributed by atoms with Gasteiger partial charge in [-0.15, -0.1) is 0 Å². The fourth-order valence-electron chi connectivity index (χ4n) is 4.53. The van der Waals surface area contributed by atoms with Crippen LogP contribution in [-0.2, 0) is 13.0 Å². The molecule has 152 valence electrons. The average Bonchev–Trinajstić information content (AvgIpc) is 2.84. The van der Waals surface area contributed by atoms with E-state index in [4.69, 9.17) is 4.98 Å². The Balaban J connectivity index is 1.39. The summed E-state index contributed by atoms with van der Waals surface area (Å²) in [5.41, 5.74) is 5.19. The number of carbonyl (C=O) groups excluding carboxylic acids is 1. The number of amides is 1. The second kappa shape index (κ2) is 8.36. The van der Waals surface area contributed by atoms with E-state index in [0.29, 0.717) is 6.54 Å². The van der Waals surface area contributed by atoms with Crippen LogP contribution in [0.3, 0.4) is 0 Å². The third-order valence-electron chi connectivity index (χ3n) is 6.14. The van der Waals surface area contributed by atoms with Crippen LogP contribution in [0.15, 0.2) is 60.8 Å². The standard InChI is InChI=1S/C25H26N4O/c30-25(22-11-5-4-10-21(22)18-7-2-1-3-8-18)29-14-6-9-19(17-29)24-27-16-20-15-26-13-12-23(20)28-24/h1-5,7-8,10-11,16,19,26H,6,9,12-15,17H2/t19-/m0/s1. The minimum atomic E-state index is 0.0984. The van der Waals surface area contributed by atoms with Gasteiger partial charge in [-0.1, -0.05) is 48.5 Å². The van der Waals surface area contributed by atoms with E-state index < -0.39 is 0 Å². The molecule has 2 aliphatic heterocycles. The Morgan fingerprint density at radius 2 is 1.90 bits per heavy atom. The van der Waals surface area contributed by atoms with E-state index >= 15 is 0 Å². The largest absolute Gasteiger partial charge is 0.338 e. The summed E-state index contributed by atoms with van der Waals surface area (Å²) in [6.07, 6.45) is 4.92. The molecule has 2 aromatic carbocycles. The van der Waals surface area contributed by atoms with Gasteiger partial charge in [0.2, 0.25) is 0 Å². The summed E-state index contributed by atoms with van der Waals surface area (Å²) in [6.45, 7) is 3.28. The van der Waals surface area contributed by atoms with Gasteiger partial charge >= 0.3 is 0 Å². The maximum Gasteiger partial charge on any atom is 0.254 e. The van der Waals surface area contributed by atoms with Crippen molar-refractivity contribution in [1.82, 2.24) is 20.2 Å². The average molecular weight is 399 g/mol. The van der Waals surface area contributed by atoms with E-state index in [-0.39, 0.29) is 11.8 Å². The van der Waals surface area contributed by atoms with Gasteiger partial charge in [0.15, 0.2) is 0 Å². The van der Waals surface area contributed by atoms with Crippen LogP contribution in [0.1, 0.15) is 46.2 Å². The number of nitrogens with one attached hydrogen (secondary N) is 1. The van der Waals surface area contributed by atoms with Crippen molar-refractivity contribution in [1.29, 1.82) is 0 Å². The number of piperidine rings is 1. The molecule has 1 amide bonds. The molecular weight excluding hydrogens is 372 g/mol. The van der Waals surface area contributed by atoms with Gasteiger partial charge in [-0.05, 0) is 30.0 Å². The van der Waals surface area contributed by atoms with Crippen molar-refractivity contribution in [3.8, 4) is 11.1 Å². The monoisotopic (exact) mass is 398 g/mol. The Morgan fingerprint density at radius 3 is 2.80 bits per heavy atom. The first-order valence-corrected chi connectivity index (χ1v) is 10.8. The van der Waals surface area contributed by atoms with Gasteiger partial charge in [0.25, 0.3) is 5.91 Å². The first-order valence-electron chi connectivity index (χ1n) is 10.8. The van der Waals surface area contributed by atoms with Crippen molar-refractivity contribution >= 4 is 5.91 Å². The lowest BCUT2D eigenvalue weighted by atomic mass is 9.94. The molecule has 3 heterocycles. The van der Waals surface area contributed by atoms with Crippen molar-refractivity contribution < 1.29 is 4.79 Å². The fourth-order valence-corrected chi connectivity index (χ4v) is 4.53. The molecule has 5 nitrogen and oxygen atoms in total. The summed E-state index contributed by atoms with van der Waals surface area (Å²) < 4.78 is 0. The summed E-state index contributed by atoms with van der Waals surface area (Å²) in [4.78, 5) is 25.0. The molecule has 5 heteroatoms. The second-order valence-electron chi connectivity index (χ2n) is 8.13. The van der Waals surface area contributed by atoms with Crippen LogP contribution in [0.4, 0.5) is 0 Å². The van der Waals surface area contributed by atoms with Crippen molar-refractivity contribution in [3.63, 3.8) is 0 Å². The molecule has 1 saturated heterocycles. The SMILES string of the molecule is O=C(c1ccccc1-c1ccccc1)N1CCC[C@H](c2ncc3c(n2)CCNC3)C1. The summed E-state index contributed by atoms with van der Waals surface area (Å²) in [5, 5.41) is 3.37. The Bertz CT molecular complexity index is 1050. The second-order valence-corrected chi connectivity index (χ2v) is 8.13. The van der Waals surface area contributed by atoms with Crippen LogP contribution >= 0.6 is 0 Å². The number of hydrogen-bond donors (Lipinski definition) is 1. The van der Waals surface area contributed by atoms with Crippen LogP contribution < -0.4 is 5.32 Å². The number of nitrogens with zero attached hydrogens (tertiary/aromatic N) is 3. The predicted molar refractivity (Wildman–Crippen MR) is 117 cm³/mol. The molecule has 1 N–H and O–H groups in total. The lowest BCUT2D eigenvalue weighted by molar-refractivity contribution is 0.0705. The number of likely N-dealkylation sites (tertiary alicyclic amines) is 1. The van der Waals surface area contributed by atoms with Crippen LogP contribution in [0.25, 0.3) is 11.1 Å². The molecule has 0 saturated carbocycles. The van der Waals surface area contributed by atoms with E-state index in [1.165, 1.54) is 5.56 Å². The number of aromatic nitrogens is 2. The van der Waals surface area contributed by atoms with E-state index in [9.17, 15) is 4.79 Å². The molecule has 0 aliphatic carbocycles. The topological polar surface area (TPSA) is 58.1 Å². The van der Waals surface area contributed by atoms with Gasteiger partial charge < -0.3 is 10.2 Å². The van der Waals surface area contributed by atoms with Crippen molar-refractivity contribution in [2.75, 3.05) is 19.6 Å². The summed E-state index contributed by atoms with van der Waals surface area (Å²) in [5.74, 6) is 1.19. The molecule has 2 aliphatic rings. The van der Waals surface area contributed by atoms with Gasteiger partial charge in [0, 0.05) is 61.5 Å². The molecule has 3 aromatic rings. The lowest BCUT2D eigenvalue weighted by Crippen LogP contribution is -2.40. The molecule has 30 heavy (non-hydrogen) atoms. The predicted octanol–water partition coefficient (Wildman–Crippen LogP) is 3.81. The minimum absolute atomic E-state index is 0.0984. The van der Waals surface area contributed by atoms with E-state index in [1.807, 2.05) is 53.6 Å². The third kappa shape index (κ3) is 3.73. The van der Waals surface area contributed by atoms with Crippen LogP contribution in [0, 0.1) is 0 Å². The molecule has 1 fully saturated rings. The van der Waals surface area contributed by atoms with Crippen molar-refractivity contribution in [2.45, 2.75) is 31.7 Å². The summed E-state index contributed by atoms with van der Waals surface area (Å²) in [7, 11) is 0. The van der Waals surface area contributed by atoms with E-state index in [2.05, 4.69) is 22.4 Å². The zero-order valence-electron chi connectivity index (χ0n) is 17.1. The summed E-state index contributed by atoms with van der Waals surface area (Å²) >= 11 is 0. The molecule has 5 rings (SSSR count). The third-order valence-corrected chi connectivity index (χ3v) is 6.14. The molecule has 1 atom stereocenters. The normalized spacial score (nSPS) is 18.7. The smallest absolute Gasteiger partial charge is 0.254 e. The minimum Gasteiger partial charge on any atom is -0.338 e. The summed E-state index contributed by atoms with van der Waals surface area (Å²) in [6, 6.07) is 18.0. The van der Waals surface area contributed by atoms with Crippen LogP contribution in [0.5, 0.6) is 0 Å². The molecule has 0 spiro atoms. The van der Waals surface area contributed by atoms with Gasteiger partial charge in [0.1, 0.15) is 5.82 Å². The molecule has 0 unspecified atom stereocenters. The highest BCUT2D eigenvalue weighted by atomic mass is 16.2. The molecule has 1 aromatic heterocycles. The van der Waals surface area contributed by atoms with Crippen molar-refractivity contribution in [2.24, 2.45) is 0 Å². The fraction of sp³-hybridized carbons (Fsp3) is 0.320. The van der Waals surface area contributed by atoms with Gasteiger partial charge in [-0.25, -0.2) is 9.97 Å². The Hall–Kier alpha value is -3.05. The highest BCUT2D eigenvalue weighted by Crippen LogP contribution is 2.29. The highest BCUT2D eigenvalue weighted by Gasteiger charge is 2.29. The number of fused-ring (bicyclic) bond motifs is 1.